The summed E-state index contributed by atoms with van der Waals surface area (Å²) in [5.41, 5.74) is 6.31. The Morgan fingerprint density at radius 3 is 2.88 bits per heavy atom. The van der Waals surface area contributed by atoms with Crippen molar-refractivity contribution in [2.45, 2.75) is 57.7 Å². The zero-order valence-corrected chi connectivity index (χ0v) is 10.7. The van der Waals surface area contributed by atoms with Crippen LogP contribution in [-0.4, -0.2) is 42.8 Å². The van der Waals surface area contributed by atoms with Gasteiger partial charge in [0.05, 0.1) is 13.2 Å². The fraction of sp³-hybridized carbons (Fsp3) is 1.00. The Kier molecular flexibility index (Phi) is 4.22. The summed E-state index contributed by atoms with van der Waals surface area (Å²) in [4.78, 5) is 2.59. The van der Waals surface area contributed by atoms with E-state index >= 15 is 0 Å². The SMILES string of the molecule is CCC1CCC(N)C(N2CCOCC2C)C1. The van der Waals surface area contributed by atoms with Crippen LogP contribution < -0.4 is 5.73 Å². The molecule has 2 rings (SSSR count). The maximum atomic E-state index is 6.31. The minimum atomic E-state index is 0.378. The lowest BCUT2D eigenvalue weighted by atomic mass is 9.80. The van der Waals surface area contributed by atoms with Crippen molar-refractivity contribution in [1.29, 1.82) is 0 Å². The molecule has 1 aliphatic heterocycles. The number of hydrogen-bond acceptors (Lipinski definition) is 3. The Balaban J connectivity index is 1.99. The molecule has 94 valence electrons. The zero-order valence-electron chi connectivity index (χ0n) is 10.7. The molecule has 0 amide bonds. The molecule has 4 atom stereocenters. The summed E-state index contributed by atoms with van der Waals surface area (Å²) < 4.78 is 5.51. The third-order valence-electron chi connectivity index (χ3n) is 4.40. The lowest BCUT2D eigenvalue weighted by molar-refractivity contribution is -0.0387. The van der Waals surface area contributed by atoms with Crippen molar-refractivity contribution in [2.75, 3.05) is 19.8 Å². The molecule has 1 saturated heterocycles. The van der Waals surface area contributed by atoms with Crippen LogP contribution in [0.1, 0.15) is 39.5 Å². The molecule has 2 fully saturated rings. The van der Waals surface area contributed by atoms with Crippen molar-refractivity contribution in [3.63, 3.8) is 0 Å². The standard InChI is InChI=1S/C13H26N2O/c1-3-11-4-5-12(14)13(8-11)15-6-7-16-9-10(15)2/h10-13H,3-9,14H2,1-2H3. The highest BCUT2D eigenvalue weighted by Crippen LogP contribution is 2.30. The smallest absolute Gasteiger partial charge is 0.0619 e. The lowest BCUT2D eigenvalue weighted by Crippen LogP contribution is -2.57. The minimum Gasteiger partial charge on any atom is -0.379 e. The Bertz CT molecular complexity index is 222. The molecule has 0 bridgehead atoms. The van der Waals surface area contributed by atoms with Crippen molar-refractivity contribution in [2.24, 2.45) is 11.7 Å². The van der Waals surface area contributed by atoms with E-state index in [9.17, 15) is 0 Å². The molecular weight excluding hydrogens is 200 g/mol. The van der Waals surface area contributed by atoms with E-state index in [1.165, 1.54) is 25.7 Å². The maximum absolute atomic E-state index is 6.31. The second-order valence-electron chi connectivity index (χ2n) is 5.48. The second-order valence-corrected chi connectivity index (χ2v) is 5.48. The van der Waals surface area contributed by atoms with Gasteiger partial charge in [0.25, 0.3) is 0 Å². The summed E-state index contributed by atoms with van der Waals surface area (Å²) >= 11 is 0. The predicted molar refractivity (Wildman–Crippen MR) is 66.4 cm³/mol. The van der Waals surface area contributed by atoms with E-state index in [0.29, 0.717) is 18.1 Å². The van der Waals surface area contributed by atoms with Crippen molar-refractivity contribution in [1.82, 2.24) is 4.90 Å². The van der Waals surface area contributed by atoms with Crippen LogP contribution in [-0.2, 0) is 4.74 Å². The van der Waals surface area contributed by atoms with Crippen molar-refractivity contribution in [3.8, 4) is 0 Å². The minimum absolute atomic E-state index is 0.378. The Morgan fingerprint density at radius 2 is 2.19 bits per heavy atom. The van der Waals surface area contributed by atoms with Crippen LogP contribution in [0.2, 0.25) is 0 Å². The summed E-state index contributed by atoms with van der Waals surface area (Å²) in [6.45, 7) is 7.39. The third-order valence-corrected chi connectivity index (χ3v) is 4.40. The van der Waals surface area contributed by atoms with Crippen LogP contribution in [0.4, 0.5) is 0 Å². The van der Waals surface area contributed by atoms with Gasteiger partial charge in [-0.1, -0.05) is 13.3 Å². The highest BCUT2D eigenvalue weighted by molar-refractivity contribution is 4.91. The number of morpholine rings is 1. The van der Waals surface area contributed by atoms with Gasteiger partial charge in [0.1, 0.15) is 0 Å². The molecule has 1 heterocycles. The summed E-state index contributed by atoms with van der Waals surface area (Å²) in [7, 11) is 0. The second kappa shape index (κ2) is 5.48. The average Bonchev–Trinajstić information content (AvgIpc) is 2.31. The molecule has 0 aromatic carbocycles. The van der Waals surface area contributed by atoms with Gasteiger partial charge in [0.15, 0.2) is 0 Å². The monoisotopic (exact) mass is 226 g/mol. The quantitative estimate of drug-likeness (QED) is 0.777. The Morgan fingerprint density at radius 1 is 1.38 bits per heavy atom. The van der Waals surface area contributed by atoms with Crippen molar-refractivity contribution >= 4 is 0 Å². The van der Waals surface area contributed by atoms with E-state index in [-0.39, 0.29) is 0 Å². The molecule has 0 radical (unpaired) electrons. The number of nitrogens with two attached hydrogens (primary N) is 1. The number of hydrogen-bond donors (Lipinski definition) is 1. The molecule has 4 unspecified atom stereocenters. The summed E-state index contributed by atoms with van der Waals surface area (Å²) in [5.74, 6) is 0.889. The van der Waals surface area contributed by atoms with E-state index in [1.807, 2.05) is 0 Å². The van der Waals surface area contributed by atoms with Gasteiger partial charge in [-0.3, -0.25) is 4.90 Å². The van der Waals surface area contributed by atoms with Crippen LogP contribution in [0.3, 0.4) is 0 Å². The zero-order chi connectivity index (χ0) is 11.5. The first-order valence-corrected chi connectivity index (χ1v) is 6.81. The van der Waals surface area contributed by atoms with Crippen LogP contribution >= 0.6 is 0 Å². The van der Waals surface area contributed by atoms with Gasteiger partial charge in [0.2, 0.25) is 0 Å². The van der Waals surface area contributed by atoms with E-state index in [2.05, 4.69) is 18.7 Å². The molecule has 1 saturated carbocycles. The summed E-state index contributed by atoms with van der Waals surface area (Å²) in [5, 5.41) is 0. The summed E-state index contributed by atoms with van der Waals surface area (Å²) in [6, 6.07) is 1.52. The number of nitrogens with zero attached hydrogens (tertiary/aromatic N) is 1. The van der Waals surface area contributed by atoms with Crippen LogP contribution in [0, 0.1) is 5.92 Å². The molecule has 16 heavy (non-hydrogen) atoms. The molecule has 0 spiro atoms. The van der Waals surface area contributed by atoms with Gasteiger partial charge in [-0.25, -0.2) is 0 Å². The largest absolute Gasteiger partial charge is 0.379 e. The molecule has 1 aliphatic carbocycles. The first-order valence-electron chi connectivity index (χ1n) is 6.81. The van der Waals surface area contributed by atoms with Gasteiger partial charge < -0.3 is 10.5 Å². The maximum Gasteiger partial charge on any atom is 0.0619 e. The topological polar surface area (TPSA) is 38.5 Å². The number of ether oxygens (including phenoxy) is 1. The molecule has 0 aromatic heterocycles. The molecule has 2 aliphatic rings. The first kappa shape index (κ1) is 12.3. The van der Waals surface area contributed by atoms with E-state index in [1.54, 1.807) is 0 Å². The molecular formula is C13H26N2O. The average molecular weight is 226 g/mol. The third kappa shape index (κ3) is 2.58. The van der Waals surface area contributed by atoms with Crippen LogP contribution in [0.15, 0.2) is 0 Å². The first-order chi connectivity index (χ1) is 7.72. The number of rotatable bonds is 2. The van der Waals surface area contributed by atoms with Gasteiger partial charge in [0, 0.05) is 24.7 Å². The highest BCUT2D eigenvalue weighted by atomic mass is 16.5. The molecule has 0 aromatic rings. The van der Waals surface area contributed by atoms with Gasteiger partial charge in [-0.2, -0.15) is 0 Å². The van der Waals surface area contributed by atoms with Crippen LogP contribution in [0.5, 0.6) is 0 Å². The van der Waals surface area contributed by atoms with E-state index in [0.717, 1.165) is 25.7 Å². The highest BCUT2D eigenvalue weighted by Gasteiger charge is 2.34. The normalized spacial score (nSPS) is 42.2. The Labute approximate surface area is 99.3 Å². The van der Waals surface area contributed by atoms with E-state index in [4.69, 9.17) is 10.5 Å². The molecule has 3 nitrogen and oxygen atoms in total. The van der Waals surface area contributed by atoms with Crippen LogP contribution in [0.25, 0.3) is 0 Å². The van der Waals surface area contributed by atoms with Gasteiger partial charge in [-0.15, -0.1) is 0 Å². The van der Waals surface area contributed by atoms with Crippen molar-refractivity contribution < 1.29 is 4.74 Å². The molecule has 3 heteroatoms. The van der Waals surface area contributed by atoms with E-state index < -0.39 is 0 Å². The fourth-order valence-corrected chi connectivity index (χ4v) is 3.24. The predicted octanol–water partition coefficient (Wildman–Crippen LogP) is 1.61. The van der Waals surface area contributed by atoms with Gasteiger partial charge in [-0.05, 0) is 32.1 Å². The lowest BCUT2D eigenvalue weighted by Gasteiger charge is -2.45. The molecule has 2 N–H and O–H groups in total. The fourth-order valence-electron chi connectivity index (χ4n) is 3.24. The Hall–Kier alpha value is -0.120. The summed E-state index contributed by atoms with van der Waals surface area (Å²) in [6.07, 6.45) is 5.13. The van der Waals surface area contributed by atoms with Crippen molar-refractivity contribution in [3.05, 3.63) is 0 Å². The van der Waals surface area contributed by atoms with Gasteiger partial charge >= 0.3 is 0 Å².